The summed E-state index contributed by atoms with van der Waals surface area (Å²) in [5, 5.41) is 8.65. The highest BCUT2D eigenvalue weighted by Gasteiger charge is 2.05. The quantitative estimate of drug-likeness (QED) is 0.733. The van der Waals surface area contributed by atoms with Crippen LogP contribution >= 0.6 is 12.2 Å². The molecule has 0 bridgehead atoms. The van der Waals surface area contributed by atoms with E-state index in [9.17, 15) is 0 Å². The molecule has 0 amide bonds. The third kappa shape index (κ3) is 2.93. The molecule has 0 spiro atoms. The van der Waals surface area contributed by atoms with Crippen molar-refractivity contribution in [1.82, 2.24) is 0 Å². The number of rotatable bonds is 3. The minimum atomic E-state index is 0.249. The van der Waals surface area contributed by atoms with E-state index in [1.165, 1.54) is 0 Å². The minimum absolute atomic E-state index is 0.249. The Morgan fingerprint density at radius 1 is 1.47 bits per heavy atom. The van der Waals surface area contributed by atoms with Crippen LogP contribution in [0, 0.1) is 11.3 Å². The van der Waals surface area contributed by atoms with Crippen molar-refractivity contribution in [2.24, 2.45) is 0 Å². The summed E-state index contributed by atoms with van der Waals surface area (Å²) in [6.45, 7) is 2.58. The van der Waals surface area contributed by atoms with Crippen molar-refractivity contribution >= 4 is 22.9 Å². The lowest BCUT2D eigenvalue weighted by Gasteiger charge is -2.15. The molecule has 0 saturated carbocycles. The molecular formula is C11H12N2OS. The Balaban J connectivity index is 2.80. The average molecular weight is 220 g/mol. The van der Waals surface area contributed by atoms with Crippen LogP contribution < -0.4 is 9.64 Å². The van der Waals surface area contributed by atoms with Crippen molar-refractivity contribution in [2.45, 2.75) is 6.92 Å². The van der Waals surface area contributed by atoms with Gasteiger partial charge in [0, 0.05) is 12.7 Å². The highest BCUT2D eigenvalue weighted by atomic mass is 32.1. The standard InChI is InChI=1S/C11H12N2OS/c1-3-14-10-6-4-9(5-7-10)13(2)11(15)8-12/h4-7H,3H2,1-2H3. The highest BCUT2D eigenvalue weighted by Crippen LogP contribution is 2.18. The molecule has 0 aliphatic heterocycles. The molecule has 0 aliphatic rings. The smallest absolute Gasteiger partial charge is 0.185 e. The highest BCUT2D eigenvalue weighted by molar-refractivity contribution is 7.81. The van der Waals surface area contributed by atoms with E-state index in [0.29, 0.717) is 6.61 Å². The van der Waals surface area contributed by atoms with Crippen molar-refractivity contribution in [2.75, 3.05) is 18.6 Å². The zero-order valence-corrected chi connectivity index (χ0v) is 9.54. The van der Waals surface area contributed by atoms with Gasteiger partial charge in [-0.05, 0) is 43.4 Å². The Morgan fingerprint density at radius 3 is 2.53 bits per heavy atom. The number of hydrogen-bond donors (Lipinski definition) is 0. The molecule has 78 valence electrons. The molecular weight excluding hydrogens is 208 g/mol. The first-order valence-electron chi connectivity index (χ1n) is 4.59. The summed E-state index contributed by atoms with van der Waals surface area (Å²) in [5.74, 6) is 0.817. The maximum atomic E-state index is 8.65. The first-order chi connectivity index (χ1) is 7.19. The number of hydrogen-bond acceptors (Lipinski definition) is 3. The fourth-order valence-corrected chi connectivity index (χ4v) is 1.23. The zero-order valence-electron chi connectivity index (χ0n) is 8.73. The molecule has 0 aliphatic carbocycles. The molecule has 0 unspecified atom stereocenters. The Morgan fingerprint density at radius 2 is 2.07 bits per heavy atom. The van der Waals surface area contributed by atoms with Crippen LogP contribution in [-0.4, -0.2) is 18.6 Å². The summed E-state index contributed by atoms with van der Waals surface area (Å²) >= 11 is 4.88. The van der Waals surface area contributed by atoms with Crippen LogP contribution in [0.5, 0.6) is 5.75 Å². The summed E-state index contributed by atoms with van der Waals surface area (Å²) in [6.07, 6.45) is 0. The third-order valence-electron chi connectivity index (χ3n) is 1.94. The molecule has 1 aromatic rings. The van der Waals surface area contributed by atoms with Crippen LogP contribution in [0.4, 0.5) is 5.69 Å². The van der Waals surface area contributed by atoms with E-state index in [0.717, 1.165) is 11.4 Å². The first-order valence-corrected chi connectivity index (χ1v) is 5.00. The van der Waals surface area contributed by atoms with Crippen molar-refractivity contribution in [3.63, 3.8) is 0 Å². The predicted octanol–water partition coefficient (Wildman–Crippen LogP) is 2.37. The summed E-state index contributed by atoms with van der Waals surface area (Å²) in [6, 6.07) is 9.38. The van der Waals surface area contributed by atoms with E-state index < -0.39 is 0 Å². The molecule has 0 fully saturated rings. The number of ether oxygens (including phenoxy) is 1. The zero-order chi connectivity index (χ0) is 11.3. The second kappa shape index (κ2) is 5.32. The lowest BCUT2D eigenvalue weighted by molar-refractivity contribution is 0.340. The van der Waals surface area contributed by atoms with Gasteiger partial charge in [-0.1, -0.05) is 0 Å². The molecule has 0 N–H and O–H groups in total. The van der Waals surface area contributed by atoms with Crippen LogP contribution in [-0.2, 0) is 0 Å². The van der Waals surface area contributed by atoms with E-state index in [-0.39, 0.29) is 4.99 Å². The Kier molecular flexibility index (Phi) is 4.07. The molecule has 4 heteroatoms. The maximum absolute atomic E-state index is 8.65. The molecule has 0 radical (unpaired) electrons. The van der Waals surface area contributed by atoms with Gasteiger partial charge in [-0.2, -0.15) is 5.26 Å². The fraction of sp³-hybridized carbons (Fsp3) is 0.273. The van der Waals surface area contributed by atoms with Gasteiger partial charge in [0.1, 0.15) is 11.8 Å². The lowest BCUT2D eigenvalue weighted by atomic mass is 10.3. The molecule has 3 nitrogen and oxygen atoms in total. The van der Waals surface area contributed by atoms with Crippen molar-refractivity contribution in [3.8, 4) is 11.8 Å². The molecule has 1 rings (SSSR count). The van der Waals surface area contributed by atoms with Gasteiger partial charge in [0.15, 0.2) is 4.99 Å². The summed E-state index contributed by atoms with van der Waals surface area (Å²) < 4.78 is 5.31. The number of anilines is 1. The topological polar surface area (TPSA) is 36.3 Å². The lowest BCUT2D eigenvalue weighted by Crippen LogP contribution is -2.22. The average Bonchev–Trinajstić information content (AvgIpc) is 2.28. The van der Waals surface area contributed by atoms with Gasteiger partial charge < -0.3 is 9.64 Å². The molecule has 0 aromatic heterocycles. The van der Waals surface area contributed by atoms with Gasteiger partial charge in [-0.25, -0.2) is 0 Å². The number of thiocarbonyl (C=S) groups is 1. The number of nitrogens with zero attached hydrogens (tertiary/aromatic N) is 2. The third-order valence-corrected chi connectivity index (χ3v) is 2.30. The van der Waals surface area contributed by atoms with Gasteiger partial charge in [0.05, 0.1) is 6.61 Å². The van der Waals surface area contributed by atoms with Crippen LogP contribution in [0.25, 0.3) is 0 Å². The Bertz CT molecular complexity index is 381. The molecule has 1 aromatic carbocycles. The predicted molar refractivity (Wildman–Crippen MR) is 64.2 cm³/mol. The maximum Gasteiger partial charge on any atom is 0.185 e. The summed E-state index contributed by atoms with van der Waals surface area (Å²) in [4.78, 5) is 1.91. The van der Waals surface area contributed by atoms with Gasteiger partial charge in [0.2, 0.25) is 0 Å². The van der Waals surface area contributed by atoms with E-state index in [2.05, 4.69) is 0 Å². The molecule has 0 heterocycles. The van der Waals surface area contributed by atoms with Gasteiger partial charge in [0.25, 0.3) is 0 Å². The Labute approximate surface area is 94.9 Å². The van der Waals surface area contributed by atoms with E-state index in [1.807, 2.05) is 37.3 Å². The van der Waals surface area contributed by atoms with E-state index in [4.69, 9.17) is 22.2 Å². The molecule has 15 heavy (non-hydrogen) atoms. The van der Waals surface area contributed by atoms with Crippen molar-refractivity contribution in [1.29, 1.82) is 5.26 Å². The number of benzene rings is 1. The summed E-state index contributed by atoms with van der Waals surface area (Å²) in [5.41, 5.74) is 0.880. The Hall–Kier alpha value is -1.60. The van der Waals surface area contributed by atoms with Gasteiger partial charge >= 0.3 is 0 Å². The van der Waals surface area contributed by atoms with E-state index in [1.54, 1.807) is 11.9 Å². The van der Waals surface area contributed by atoms with Crippen LogP contribution in [0.1, 0.15) is 6.92 Å². The minimum Gasteiger partial charge on any atom is -0.494 e. The molecule has 0 atom stereocenters. The second-order valence-electron chi connectivity index (χ2n) is 2.90. The van der Waals surface area contributed by atoms with Crippen LogP contribution in [0.15, 0.2) is 24.3 Å². The molecule has 0 saturated heterocycles. The van der Waals surface area contributed by atoms with Gasteiger partial charge in [-0.15, -0.1) is 0 Å². The van der Waals surface area contributed by atoms with Gasteiger partial charge in [-0.3, -0.25) is 0 Å². The fourth-order valence-electron chi connectivity index (χ4n) is 1.12. The van der Waals surface area contributed by atoms with E-state index >= 15 is 0 Å². The second-order valence-corrected chi connectivity index (χ2v) is 3.29. The normalized spacial score (nSPS) is 9.13. The van der Waals surface area contributed by atoms with Crippen LogP contribution in [0.2, 0.25) is 0 Å². The number of nitriles is 1. The SMILES string of the molecule is CCOc1ccc(N(C)C(=S)C#N)cc1. The summed E-state index contributed by atoms with van der Waals surface area (Å²) in [7, 11) is 1.77. The van der Waals surface area contributed by atoms with Crippen molar-refractivity contribution < 1.29 is 4.74 Å². The van der Waals surface area contributed by atoms with Crippen LogP contribution in [0.3, 0.4) is 0 Å². The van der Waals surface area contributed by atoms with Crippen molar-refractivity contribution in [3.05, 3.63) is 24.3 Å². The first kappa shape index (κ1) is 11.5. The largest absolute Gasteiger partial charge is 0.494 e. The monoisotopic (exact) mass is 220 g/mol.